The third-order valence-electron chi connectivity index (χ3n) is 3.64. The lowest BCUT2D eigenvalue weighted by Crippen LogP contribution is -2.48. The van der Waals surface area contributed by atoms with Crippen LogP contribution in [0.2, 0.25) is 5.02 Å². The van der Waals surface area contributed by atoms with Crippen LogP contribution in [0.1, 0.15) is 31.7 Å². The van der Waals surface area contributed by atoms with Crippen molar-refractivity contribution in [3.05, 3.63) is 34.6 Å². The quantitative estimate of drug-likeness (QED) is 0.914. The molecule has 4 heteroatoms. The summed E-state index contributed by atoms with van der Waals surface area (Å²) in [4.78, 5) is 2.39. The SMILES string of the molecule is CC(N)C1CCCCN1Cc1ccc(F)c(Cl)c1. The Labute approximate surface area is 113 Å². The van der Waals surface area contributed by atoms with Crippen molar-refractivity contribution in [3.8, 4) is 0 Å². The van der Waals surface area contributed by atoms with Gasteiger partial charge in [-0.05, 0) is 44.0 Å². The Morgan fingerprint density at radius 1 is 1.50 bits per heavy atom. The number of piperidine rings is 1. The first kappa shape index (κ1) is 13.8. The van der Waals surface area contributed by atoms with Crippen molar-refractivity contribution in [3.63, 3.8) is 0 Å². The van der Waals surface area contributed by atoms with Crippen molar-refractivity contribution in [2.45, 2.75) is 44.8 Å². The van der Waals surface area contributed by atoms with Gasteiger partial charge in [0.25, 0.3) is 0 Å². The largest absolute Gasteiger partial charge is 0.327 e. The van der Waals surface area contributed by atoms with E-state index in [9.17, 15) is 4.39 Å². The van der Waals surface area contributed by atoms with E-state index in [4.69, 9.17) is 17.3 Å². The monoisotopic (exact) mass is 270 g/mol. The number of halogens is 2. The van der Waals surface area contributed by atoms with Gasteiger partial charge >= 0.3 is 0 Å². The van der Waals surface area contributed by atoms with Gasteiger partial charge in [-0.3, -0.25) is 4.90 Å². The number of hydrogen-bond acceptors (Lipinski definition) is 2. The van der Waals surface area contributed by atoms with E-state index in [2.05, 4.69) is 11.8 Å². The minimum Gasteiger partial charge on any atom is -0.327 e. The third-order valence-corrected chi connectivity index (χ3v) is 3.93. The lowest BCUT2D eigenvalue weighted by atomic mass is 9.96. The molecule has 18 heavy (non-hydrogen) atoms. The lowest BCUT2D eigenvalue weighted by molar-refractivity contribution is 0.123. The number of nitrogens with two attached hydrogens (primary N) is 1. The standard InChI is InChI=1S/C14H20ClFN2/c1-10(17)14-4-2-3-7-18(14)9-11-5-6-13(16)12(15)8-11/h5-6,8,10,14H,2-4,7,9,17H2,1H3. The molecule has 1 aromatic carbocycles. The molecule has 1 aromatic rings. The zero-order chi connectivity index (χ0) is 13.1. The molecule has 1 aliphatic rings. The van der Waals surface area contributed by atoms with E-state index in [1.807, 2.05) is 0 Å². The molecular formula is C14H20ClFN2. The first-order valence-electron chi connectivity index (χ1n) is 6.51. The molecule has 0 saturated carbocycles. The highest BCUT2D eigenvalue weighted by atomic mass is 35.5. The van der Waals surface area contributed by atoms with Gasteiger partial charge < -0.3 is 5.73 Å². The second-order valence-corrected chi connectivity index (χ2v) is 5.55. The van der Waals surface area contributed by atoms with Crippen LogP contribution in [-0.4, -0.2) is 23.5 Å². The second kappa shape index (κ2) is 6.00. The zero-order valence-corrected chi connectivity index (χ0v) is 11.5. The number of likely N-dealkylation sites (tertiary alicyclic amines) is 1. The minimum absolute atomic E-state index is 0.168. The highest BCUT2D eigenvalue weighted by Gasteiger charge is 2.25. The number of nitrogens with zero attached hydrogens (tertiary/aromatic N) is 1. The van der Waals surface area contributed by atoms with Crippen molar-refractivity contribution in [1.29, 1.82) is 0 Å². The lowest BCUT2D eigenvalue weighted by Gasteiger charge is -2.38. The van der Waals surface area contributed by atoms with Gasteiger partial charge in [0.1, 0.15) is 5.82 Å². The summed E-state index contributed by atoms with van der Waals surface area (Å²) in [7, 11) is 0. The molecule has 1 aliphatic heterocycles. The van der Waals surface area contributed by atoms with Gasteiger partial charge in [0.2, 0.25) is 0 Å². The molecule has 100 valence electrons. The summed E-state index contributed by atoms with van der Waals surface area (Å²) in [6.45, 7) is 3.91. The van der Waals surface area contributed by atoms with Gasteiger partial charge in [0.05, 0.1) is 5.02 Å². The van der Waals surface area contributed by atoms with E-state index in [0.717, 1.165) is 25.1 Å². The fourth-order valence-electron chi connectivity index (χ4n) is 2.68. The molecule has 1 fully saturated rings. The van der Waals surface area contributed by atoms with Gasteiger partial charge in [-0.15, -0.1) is 0 Å². The Morgan fingerprint density at radius 3 is 2.94 bits per heavy atom. The van der Waals surface area contributed by atoms with E-state index in [1.54, 1.807) is 12.1 Å². The first-order valence-corrected chi connectivity index (χ1v) is 6.89. The molecule has 0 bridgehead atoms. The number of rotatable bonds is 3. The highest BCUT2D eigenvalue weighted by Crippen LogP contribution is 2.23. The molecule has 0 aliphatic carbocycles. The van der Waals surface area contributed by atoms with Crippen LogP contribution in [0, 0.1) is 5.82 Å². The van der Waals surface area contributed by atoms with E-state index in [0.29, 0.717) is 6.04 Å². The van der Waals surface area contributed by atoms with E-state index >= 15 is 0 Å². The number of hydrogen-bond donors (Lipinski definition) is 1. The third kappa shape index (κ3) is 3.22. The van der Waals surface area contributed by atoms with Crippen LogP contribution < -0.4 is 5.73 Å². The molecule has 2 unspecified atom stereocenters. The molecular weight excluding hydrogens is 251 g/mol. The maximum atomic E-state index is 13.1. The van der Waals surface area contributed by atoms with E-state index < -0.39 is 0 Å². The summed E-state index contributed by atoms with van der Waals surface area (Å²) >= 11 is 5.81. The molecule has 2 rings (SSSR count). The zero-order valence-electron chi connectivity index (χ0n) is 10.7. The maximum Gasteiger partial charge on any atom is 0.141 e. The predicted octanol–water partition coefficient (Wildman–Crippen LogP) is 3.18. The molecule has 2 N–H and O–H groups in total. The fourth-order valence-corrected chi connectivity index (χ4v) is 2.88. The minimum atomic E-state index is -0.359. The van der Waals surface area contributed by atoms with Gasteiger partial charge in [0.15, 0.2) is 0 Å². The molecule has 2 atom stereocenters. The van der Waals surface area contributed by atoms with Crippen molar-refractivity contribution < 1.29 is 4.39 Å². The Morgan fingerprint density at radius 2 is 2.28 bits per heavy atom. The van der Waals surface area contributed by atoms with Crippen molar-refractivity contribution in [1.82, 2.24) is 4.90 Å². The summed E-state index contributed by atoms with van der Waals surface area (Å²) in [5, 5.41) is 0.196. The van der Waals surface area contributed by atoms with Gasteiger partial charge in [0, 0.05) is 18.6 Å². The van der Waals surface area contributed by atoms with Gasteiger partial charge in [-0.25, -0.2) is 4.39 Å². The van der Waals surface area contributed by atoms with Gasteiger partial charge in [-0.2, -0.15) is 0 Å². The number of benzene rings is 1. The Kier molecular flexibility index (Phi) is 4.60. The van der Waals surface area contributed by atoms with Crippen LogP contribution in [-0.2, 0) is 6.54 Å². The van der Waals surface area contributed by atoms with Gasteiger partial charge in [-0.1, -0.05) is 24.1 Å². The smallest absolute Gasteiger partial charge is 0.141 e. The fraction of sp³-hybridized carbons (Fsp3) is 0.571. The molecule has 0 spiro atoms. The van der Waals surface area contributed by atoms with E-state index in [-0.39, 0.29) is 16.9 Å². The van der Waals surface area contributed by atoms with Crippen LogP contribution in [0.5, 0.6) is 0 Å². The maximum absolute atomic E-state index is 13.1. The molecule has 0 radical (unpaired) electrons. The second-order valence-electron chi connectivity index (χ2n) is 5.14. The van der Waals surface area contributed by atoms with Crippen molar-refractivity contribution in [2.24, 2.45) is 5.73 Å². The average Bonchev–Trinajstić information content (AvgIpc) is 2.34. The Bertz CT molecular complexity index is 409. The summed E-state index contributed by atoms with van der Waals surface area (Å²) in [6.07, 6.45) is 3.59. The van der Waals surface area contributed by atoms with Crippen LogP contribution in [0.15, 0.2) is 18.2 Å². The van der Waals surface area contributed by atoms with E-state index in [1.165, 1.54) is 18.9 Å². The van der Waals surface area contributed by atoms with Crippen LogP contribution in [0.3, 0.4) is 0 Å². The Balaban J connectivity index is 2.08. The average molecular weight is 271 g/mol. The molecule has 1 heterocycles. The summed E-state index contributed by atoms with van der Waals surface area (Å²) in [6, 6.07) is 5.53. The van der Waals surface area contributed by atoms with Crippen LogP contribution in [0.4, 0.5) is 4.39 Å². The normalized spacial score (nSPS) is 23.0. The van der Waals surface area contributed by atoms with Crippen molar-refractivity contribution in [2.75, 3.05) is 6.54 Å². The molecule has 2 nitrogen and oxygen atoms in total. The summed E-state index contributed by atoms with van der Waals surface area (Å²) in [5.41, 5.74) is 7.09. The molecule has 1 saturated heterocycles. The van der Waals surface area contributed by atoms with Crippen LogP contribution in [0.25, 0.3) is 0 Å². The topological polar surface area (TPSA) is 29.3 Å². The summed E-state index contributed by atoms with van der Waals surface area (Å²) < 4.78 is 13.1. The predicted molar refractivity (Wildman–Crippen MR) is 73.1 cm³/mol. The van der Waals surface area contributed by atoms with Crippen LogP contribution >= 0.6 is 11.6 Å². The summed E-state index contributed by atoms with van der Waals surface area (Å²) in [5.74, 6) is -0.359. The Hall–Kier alpha value is -0.640. The molecule has 0 aromatic heterocycles. The highest BCUT2D eigenvalue weighted by molar-refractivity contribution is 6.30. The molecule has 0 amide bonds. The van der Waals surface area contributed by atoms with Crippen molar-refractivity contribution >= 4 is 11.6 Å². The first-order chi connectivity index (χ1) is 8.58.